The predicted molar refractivity (Wildman–Crippen MR) is 89.3 cm³/mol. The van der Waals surface area contributed by atoms with E-state index in [1.165, 1.54) is 4.90 Å². The molecule has 1 aromatic carbocycles. The maximum atomic E-state index is 12.3. The van der Waals surface area contributed by atoms with Crippen molar-refractivity contribution in [2.75, 3.05) is 6.54 Å². The highest BCUT2D eigenvalue weighted by Gasteiger charge is 2.42. The third kappa shape index (κ3) is 4.19. The third-order valence-electron chi connectivity index (χ3n) is 4.02. The average Bonchev–Trinajstić information content (AvgIpc) is 2.86. The predicted octanol–water partition coefficient (Wildman–Crippen LogP) is 3.14. The summed E-state index contributed by atoms with van der Waals surface area (Å²) in [6, 6.07) is 4.81. The van der Waals surface area contributed by atoms with Crippen LogP contribution in [0.1, 0.15) is 38.3 Å². The largest absolute Gasteiger partial charge is 0.488 e. The van der Waals surface area contributed by atoms with Crippen molar-refractivity contribution in [2.45, 2.75) is 58.8 Å². The van der Waals surface area contributed by atoms with Crippen LogP contribution in [0.3, 0.4) is 0 Å². The zero-order valence-corrected chi connectivity index (χ0v) is 14.8. The van der Waals surface area contributed by atoms with E-state index in [0.29, 0.717) is 0 Å². The van der Waals surface area contributed by atoms with Crippen molar-refractivity contribution in [2.24, 2.45) is 0 Å². The Kier molecular flexibility index (Phi) is 5.06. The van der Waals surface area contributed by atoms with E-state index in [1.54, 1.807) is 20.8 Å². The normalized spacial score (nSPS) is 20.8. The van der Waals surface area contributed by atoms with Crippen LogP contribution in [0.25, 0.3) is 0 Å². The van der Waals surface area contributed by atoms with Crippen molar-refractivity contribution < 1.29 is 24.2 Å². The molecule has 2 unspecified atom stereocenters. The zero-order valence-electron chi connectivity index (χ0n) is 14.8. The molecule has 132 valence electrons. The lowest BCUT2D eigenvalue weighted by molar-refractivity contribution is -0.142. The first-order valence-electron chi connectivity index (χ1n) is 8.04. The highest BCUT2D eigenvalue weighted by Crippen LogP contribution is 2.28. The molecule has 0 aliphatic carbocycles. The second-order valence-corrected chi connectivity index (χ2v) is 7.16. The van der Waals surface area contributed by atoms with E-state index in [-0.39, 0.29) is 19.1 Å². The molecule has 1 aliphatic rings. The fourth-order valence-corrected chi connectivity index (χ4v) is 2.67. The lowest BCUT2D eigenvalue weighted by Crippen LogP contribution is -2.43. The molecule has 2 atom stereocenters. The minimum atomic E-state index is -1.05. The highest BCUT2D eigenvalue weighted by molar-refractivity contribution is 5.81. The Hall–Kier alpha value is -2.24. The molecule has 0 radical (unpaired) electrons. The number of aliphatic carboxylic acids is 1. The summed E-state index contributed by atoms with van der Waals surface area (Å²) in [7, 11) is 0. The van der Waals surface area contributed by atoms with Crippen LogP contribution in [0.15, 0.2) is 18.2 Å². The number of carboxylic acid groups (broad SMARTS) is 1. The van der Waals surface area contributed by atoms with Crippen LogP contribution in [-0.4, -0.2) is 46.4 Å². The van der Waals surface area contributed by atoms with Crippen molar-refractivity contribution >= 4 is 12.1 Å². The molecule has 2 rings (SSSR count). The lowest BCUT2D eigenvalue weighted by atomic mass is 10.1. The van der Waals surface area contributed by atoms with Crippen molar-refractivity contribution in [1.29, 1.82) is 0 Å². The second-order valence-electron chi connectivity index (χ2n) is 7.16. The monoisotopic (exact) mass is 335 g/mol. The van der Waals surface area contributed by atoms with Crippen molar-refractivity contribution in [3.05, 3.63) is 29.3 Å². The van der Waals surface area contributed by atoms with Crippen LogP contribution in [-0.2, 0) is 9.53 Å². The molecule has 1 heterocycles. The van der Waals surface area contributed by atoms with Gasteiger partial charge in [-0.15, -0.1) is 0 Å². The van der Waals surface area contributed by atoms with Gasteiger partial charge in [-0.1, -0.05) is 12.1 Å². The van der Waals surface area contributed by atoms with Crippen molar-refractivity contribution in [1.82, 2.24) is 4.90 Å². The molecule has 1 N–H and O–H groups in total. The molecule has 1 aromatic rings. The van der Waals surface area contributed by atoms with E-state index in [2.05, 4.69) is 0 Å². The summed E-state index contributed by atoms with van der Waals surface area (Å²) in [4.78, 5) is 25.0. The van der Waals surface area contributed by atoms with Crippen LogP contribution in [0.2, 0.25) is 0 Å². The maximum Gasteiger partial charge on any atom is 0.411 e. The summed E-state index contributed by atoms with van der Waals surface area (Å²) in [6.45, 7) is 9.39. The van der Waals surface area contributed by atoms with E-state index in [0.717, 1.165) is 16.9 Å². The van der Waals surface area contributed by atoms with E-state index < -0.39 is 23.7 Å². The number of nitrogens with zero attached hydrogens (tertiary/aromatic N) is 1. The molecule has 6 heteroatoms. The van der Waals surface area contributed by atoms with E-state index in [1.807, 2.05) is 32.0 Å². The van der Waals surface area contributed by atoms with Gasteiger partial charge in [0.15, 0.2) is 0 Å². The number of carbonyl (C=O) groups is 2. The minimum Gasteiger partial charge on any atom is -0.488 e. The molecule has 0 spiro atoms. The molecular formula is C18H25NO5. The number of hydrogen-bond acceptors (Lipinski definition) is 4. The summed E-state index contributed by atoms with van der Waals surface area (Å²) >= 11 is 0. The number of benzene rings is 1. The fourth-order valence-electron chi connectivity index (χ4n) is 2.67. The number of amides is 1. The topological polar surface area (TPSA) is 76.1 Å². The Bertz CT molecular complexity index is 635. The van der Waals surface area contributed by atoms with Gasteiger partial charge in [-0.3, -0.25) is 4.90 Å². The number of rotatable bonds is 3. The molecule has 1 fully saturated rings. The van der Waals surface area contributed by atoms with Gasteiger partial charge < -0.3 is 14.6 Å². The van der Waals surface area contributed by atoms with Gasteiger partial charge in [0.25, 0.3) is 0 Å². The lowest BCUT2D eigenvalue weighted by Gasteiger charge is -2.26. The van der Waals surface area contributed by atoms with Gasteiger partial charge in [-0.05, 0) is 51.8 Å². The molecule has 1 aliphatic heterocycles. The van der Waals surface area contributed by atoms with Gasteiger partial charge in [-0.2, -0.15) is 0 Å². The van der Waals surface area contributed by atoms with Crippen LogP contribution in [0.4, 0.5) is 4.79 Å². The number of hydrogen-bond donors (Lipinski definition) is 1. The average molecular weight is 335 g/mol. The molecule has 0 aromatic heterocycles. The molecule has 0 saturated carbocycles. The Morgan fingerprint density at radius 1 is 1.25 bits per heavy atom. The summed E-state index contributed by atoms with van der Waals surface area (Å²) in [5, 5.41) is 9.41. The zero-order chi connectivity index (χ0) is 18.1. The molecule has 1 amide bonds. The summed E-state index contributed by atoms with van der Waals surface area (Å²) in [5.74, 6) is -0.330. The Balaban J connectivity index is 2.13. The smallest absolute Gasteiger partial charge is 0.411 e. The molecule has 1 saturated heterocycles. The van der Waals surface area contributed by atoms with Gasteiger partial charge in [0.05, 0.1) is 6.54 Å². The van der Waals surface area contributed by atoms with Crippen LogP contribution < -0.4 is 4.74 Å². The van der Waals surface area contributed by atoms with E-state index in [4.69, 9.17) is 9.47 Å². The molecular weight excluding hydrogens is 310 g/mol. The van der Waals surface area contributed by atoms with Gasteiger partial charge in [0.2, 0.25) is 0 Å². The van der Waals surface area contributed by atoms with Crippen molar-refractivity contribution in [3.8, 4) is 5.75 Å². The molecule has 24 heavy (non-hydrogen) atoms. The first-order chi connectivity index (χ1) is 11.1. The number of aryl methyl sites for hydroxylation is 1. The Morgan fingerprint density at radius 3 is 2.50 bits per heavy atom. The third-order valence-corrected chi connectivity index (χ3v) is 4.02. The van der Waals surface area contributed by atoms with E-state index >= 15 is 0 Å². The number of likely N-dealkylation sites (tertiary alicyclic amines) is 1. The van der Waals surface area contributed by atoms with Gasteiger partial charge in [0.1, 0.15) is 23.5 Å². The van der Waals surface area contributed by atoms with Crippen LogP contribution >= 0.6 is 0 Å². The fraction of sp³-hybridized carbons (Fsp3) is 0.556. The summed E-state index contributed by atoms with van der Waals surface area (Å²) in [5.41, 5.74) is 1.44. The van der Waals surface area contributed by atoms with Gasteiger partial charge in [-0.25, -0.2) is 9.59 Å². The van der Waals surface area contributed by atoms with Gasteiger partial charge in [0, 0.05) is 6.42 Å². The SMILES string of the molecule is Cc1cccc(OC2CC(C(=O)O)N(C(=O)OC(C)(C)C)C2)c1C. The summed E-state index contributed by atoms with van der Waals surface area (Å²) in [6.07, 6.45) is -0.761. The first kappa shape index (κ1) is 18.1. The van der Waals surface area contributed by atoms with E-state index in [9.17, 15) is 14.7 Å². The second kappa shape index (κ2) is 6.71. The number of carboxylic acids is 1. The highest BCUT2D eigenvalue weighted by atomic mass is 16.6. The van der Waals surface area contributed by atoms with Crippen molar-refractivity contribution in [3.63, 3.8) is 0 Å². The van der Waals surface area contributed by atoms with Gasteiger partial charge >= 0.3 is 12.1 Å². The number of carbonyl (C=O) groups excluding carboxylic acids is 1. The molecule has 6 nitrogen and oxygen atoms in total. The first-order valence-corrected chi connectivity index (χ1v) is 8.04. The molecule has 0 bridgehead atoms. The quantitative estimate of drug-likeness (QED) is 0.918. The Morgan fingerprint density at radius 2 is 1.92 bits per heavy atom. The van der Waals surface area contributed by atoms with Crippen LogP contribution in [0.5, 0.6) is 5.75 Å². The number of ether oxygens (including phenoxy) is 2. The summed E-state index contributed by atoms with van der Waals surface area (Å²) < 4.78 is 11.3. The minimum absolute atomic E-state index is 0.194. The Labute approximate surface area is 142 Å². The standard InChI is InChI=1S/C18H25NO5/c1-11-7-6-8-15(12(11)2)23-13-9-14(16(20)21)19(10-13)17(22)24-18(3,4)5/h6-8,13-14H,9-10H2,1-5H3,(H,20,21). The maximum absolute atomic E-state index is 12.3. The van der Waals surface area contributed by atoms with Crippen LogP contribution in [0, 0.1) is 13.8 Å².